The normalized spacial score (nSPS) is 22.2. The third kappa shape index (κ3) is 2.63. The Morgan fingerprint density at radius 2 is 1.88 bits per heavy atom. The summed E-state index contributed by atoms with van der Waals surface area (Å²) < 4.78 is 0. The Morgan fingerprint density at radius 1 is 1.12 bits per heavy atom. The van der Waals surface area contributed by atoms with Gasteiger partial charge in [0.05, 0.1) is 6.54 Å². The minimum Gasteiger partial charge on any atom is -0.319 e. The number of thioether (sulfide) groups is 1. The maximum atomic E-state index is 13.2. The molecule has 1 N–H and O–H groups in total. The lowest BCUT2D eigenvalue weighted by molar-refractivity contribution is -0.132. The number of carbonyl (C=O) groups excluding carboxylic acids is 2. The molecule has 128 valence electrons. The summed E-state index contributed by atoms with van der Waals surface area (Å²) in [6.45, 7) is 0.309. The van der Waals surface area contributed by atoms with Crippen molar-refractivity contribution in [3.63, 3.8) is 0 Å². The Balaban J connectivity index is 1.65. The van der Waals surface area contributed by atoms with Gasteiger partial charge in [-0.15, -0.1) is 11.8 Å². The van der Waals surface area contributed by atoms with Crippen molar-refractivity contribution in [2.45, 2.75) is 36.2 Å². The summed E-state index contributed by atoms with van der Waals surface area (Å²) in [7, 11) is 0. The van der Waals surface area contributed by atoms with Crippen molar-refractivity contribution in [1.29, 1.82) is 0 Å². The van der Waals surface area contributed by atoms with Crippen LogP contribution in [0, 0.1) is 0 Å². The van der Waals surface area contributed by atoms with Crippen LogP contribution in [0.25, 0.3) is 0 Å². The van der Waals surface area contributed by atoms with Gasteiger partial charge in [-0.25, -0.2) is 4.79 Å². The number of rotatable bonds is 3. The van der Waals surface area contributed by atoms with Gasteiger partial charge >= 0.3 is 6.03 Å². The van der Waals surface area contributed by atoms with E-state index in [2.05, 4.69) is 11.4 Å². The lowest BCUT2D eigenvalue weighted by atomic mass is 9.76. The Kier molecular flexibility index (Phi) is 4.04. The van der Waals surface area contributed by atoms with Gasteiger partial charge in [-0.3, -0.25) is 9.69 Å². The number of hydrogen-bond acceptors (Lipinski definition) is 3. The second-order valence-electron chi connectivity index (χ2n) is 6.59. The maximum absolute atomic E-state index is 13.2. The summed E-state index contributed by atoms with van der Waals surface area (Å²) in [5.74, 6) is -0.126. The summed E-state index contributed by atoms with van der Waals surface area (Å²) in [5.41, 5.74) is 2.20. The number of hydrogen-bond donors (Lipinski definition) is 1. The number of aryl methyl sites for hydroxylation is 1. The molecule has 1 unspecified atom stereocenters. The van der Waals surface area contributed by atoms with Crippen molar-refractivity contribution >= 4 is 23.7 Å². The zero-order valence-electron chi connectivity index (χ0n) is 14.1. The number of amides is 3. The van der Waals surface area contributed by atoms with E-state index in [0.717, 1.165) is 29.5 Å². The Morgan fingerprint density at radius 3 is 2.64 bits per heavy atom. The van der Waals surface area contributed by atoms with Crippen molar-refractivity contribution in [3.8, 4) is 0 Å². The van der Waals surface area contributed by atoms with Crippen LogP contribution in [0.15, 0.2) is 53.4 Å². The highest BCUT2D eigenvalue weighted by atomic mass is 32.2. The minimum absolute atomic E-state index is 0.126. The smallest absolute Gasteiger partial charge is 0.319 e. The zero-order chi connectivity index (χ0) is 17.4. The summed E-state index contributed by atoms with van der Waals surface area (Å²) in [5, 5.41) is 3.00. The van der Waals surface area contributed by atoms with Crippen LogP contribution < -0.4 is 5.32 Å². The van der Waals surface area contributed by atoms with Crippen molar-refractivity contribution in [3.05, 3.63) is 65.2 Å². The Hall–Kier alpha value is -2.27. The largest absolute Gasteiger partial charge is 0.325 e. The van der Waals surface area contributed by atoms with Crippen molar-refractivity contribution in [2.75, 3.05) is 6.26 Å². The molecule has 0 bridgehead atoms. The molecule has 2 aromatic carbocycles. The fourth-order valence-electron chi connectivity index (χ4n) is 3.87. The van der Waals surface area contributed by atoms with E-state index in [9.17, 15) is 9.59 Å². The van der Waals surface area contributed by atoms with E-state index in [-0.39, 0.29) is 11.9 Å². The van der Waals surface area contributed by atoms with Crippen LogP contribution in [0.3, 0.4) is 0 Å². The first kappa shape index (κ1) is 16.2. The number of benzene rings is 2. The van der Waals surface area contributed by atoms with Gasteiger partial charge in [-0.05, 0) is 54.3 Å². The molecular weight excluding hydrogens is 332 g/mol. The van der Waals surface area contributed by atoms with Gasteiger partial charge in [-0.1, -0.05) is 36.4 Å². The molecule has 0 aromatic heterocycles. The molecule has 1 aliphatic heterocycles. The second kappa shape index (κ2) is 6.23. The number of urea groups is 1. The molecule has 2 aromatic rings. The Labute approximate surface area is 151 Å². The highest BCUT2D eigenvalue weighted by molar-refractivity contribution is 7.98. The minimum atomic E-state index is -0.884. The molecule has 1 atom stereocenters. The van der Waals surface area contributed by atoms with Gasteiger partial charge in [0.1, 0.15) is 5.54 Å². The number of fused-ring (bicyclic) bond motifs is 2. The number of carbonyl (C=O) groups is 2. The van der Waals surface area contributed by atoms with Gasteiger partial charge in [0.25, 0.3) is 5.91 Å². The molecule has 1 aliphatic carbocycles. The van der Waals surface area contributed by atoms with E-state index in [1.54, 1.807) is 11.8 Å². The molecule has 5 heteroatoms. The average Bonchev–Trinajstić information content (AvgIpc) is 2.88. The van der Waals surface area contributed by atoms with Crippen LogP contribution in [-0.2, 0) is 23.3 Å². The van der Waals surface area contributed by atoms with Crippen LogP contribution in [0.1, 0.15) is 29.5 Å². The van der Waals surface area contributed by atoms with E-state index in [1.165, 1.54) is 9.80 Å². The lowest BCUT2D eigenvalue weighted by Crippen LogP contribution is -2.46. The molecule has 4 nitrogen and oxygen atoms in total. The standard InChI is InChI=1S/C20H20N2O2S/c1-25-16-10-8-14(9-11-16)13-22-18(23)20(21-19(22)24)12-4-6-15-5-2-3-7-17(15)20/h2-3,5,7-11H,4,6,12-13H2,1H3,(H,21,24). The number of nitrogens with one attached hydrogen (secondary N) is 1. The van der Waals surface area contributed by atoms with Gasteiger partial charge in [-0.2, -0.15) is 0 Å². The van der Waals surface area contributed by atoms with E-state index in [4.69, 9.17) is 0 Å². The third-order valence-electron chi connectivity index (χ3n) is 5.15. The SMILES string of the molecule is CSc1ccc(CN2C(=O)NC3(CCCc4ccccc43)C2=O)cc1. The topological polar surface area (TPSA) is 49.4 Å². The molecule has 1 heterocycles. The molecule has 0 radical (unpaired) electrons. The number of nitrogens with zero attached hydrogens (tertiary/aromatic N) is 1. The highest BCUT2D eigenvalue weighted by Gasteiger charge is 2.53. The quantitative estimate of drug-likeness (QED) is 0.677. The Bertz CT molecular complexity index is 834. The average molecular weight is 352 g/mol. The predicted octanol–water partition coefficient (Wildman–Crippen LogP) is 3.69. The summed E-state index contributed by atoms with van der Waals surface area (Å²) in [6.07, 6.45) is 4.55. The van der Waals surface area contributed by atoms with Gasteiger partial charge < -0.3 is 5.32 Å². The van der Waals surface area contributed by atoms with Crippen LogP contribution in [0.2, 0.25) is 0 Å². The van der Waals surface area contributed by atoms with Gasteiger partial charge in [0.15, 0.2) is 0 Å². The van der Waals surface area contributed by atoms with Crippen molar-refractivity contribution in [1.82, 2.24) is 10.2 Å². The molecule has 3 amide bonds. The monoisotopic (exact) mass is 352 g/mol. The predicted molar refractivity (Wildman–Crippen MR) is 98.4 cm³/mol. The first-order chi connectivity index (χ1) is 12.1. The van der Waals surface area contributed by atoms with Gasteiger partial charge in [0.2, 0.25) is 0 Å². The van der Waals surface area contributed by atoms with Crippen LogP contribution in [0.4, 0.5) is 4.79 Å². The second-order valence-corrected chi connectivity index (χ2v) is 7.47. The highest BCUT2D eigenvalue weighted by Crippen LogP contribution is 2.40. The summed E-state index contributed by atoms with van der Waals surface area (Å²) in [4.78, 5) is 28.3. The molecule has 25 heavy (non-hydrogen) atoms. The van der Waals surface area contributed by atoms with E-state index in [0.29, 0.717) is 13.0 Å². The molecule has 1 spiro atoms. The number of imide groups is 1. The van der Waals surface area contributed by atoms with Crippen molar-refractivity contribution < 1.29 is 9.59 Å². The lowest BCUT2D eigenvalue weighted by Gasteiger charge is -2.33. The molecular formula is C20H20N2O2S. The van der Waals surface area contributed by atoms with Gasteiger partial charge in [0, 0.05) is 4.90 Å². The molecule has 2 aliphatic rings. The third-order valence-corrected chi connectivity index (χ3v) is 5.89. The first-order valence-electron chi connectivity index (χ1n) is 8.49. The fraction of sp³-hybridized carbons (Fsp3) is 0.300. The zero-order valence-corrected chi connectivity index (χ0v) is 14.9. The van der Waals surface area contributed by atoms with Crippen LogP contribution in [0.5, 0.6) is 0 Å². The fourth-order valence-corrected chi connectivity index (χ4v) is 4.28. The van der Waals surface area contributed by atoms with E-state index >= 15 is 0 Å². The first-order valence-corrected chi connectivity index (χ1v) is 9.72. The van der Waals surface area contributed by atoms with Crippen molar-refractivity contribution in [2.24, 2.45) is 0 Å². The van der Waals surface area contributed by atoms with E-state index in [1.807, 2.05) is 48.7 Å². The van der Waals surface area contributed by atoms with Crippen LogP contribution >= 0.6 is 11.8 Å². The van der Waals surface area contributed by atoms with E-state index < -0.39 is 5.54 Å². The molecule has 4 rings (SSSR count). The van der Waals surface area contributed by atoms with Crippen LogP contribution in [-0.4, -0.2) is 23.1 Å². The molecule has 1 fully saturated rings. The molecule has 1 saturated heterocycles. The summed E-state index contributed by atoms with van der Waals surface area (Å²) in [6, 6.07) is 15.7. The maximum Gasteiger partial charge on any atom is 0.325 e. The summed E-state index contributed by atoms with van der Waals surface area (Å²) >= 11 is 1.67. The molecule has 0 saturated carbocycles.